The van der Waals surface area contributed by atoms with Gasteiger partial charge in [-0.3, -0.25) is 4.79 Å². The molecule has 3 rings (SSSR count). The maximum atomic E-state index is 12.3. The molecule has 0 aromatic heterocycles. The zero-order chi connectivity index (χ0) is 16.1. The molecule has 3 heteroatoms. The third kappa shape index (κ3) is 3.92. The summed E-state index contributed by atoms with van der Waals surface area (Å²) >= 11 is 0. The van der Waals surface area contributed by atoms with Gasteiger partial charge in [-0.1, -0.05) is 42.5 Å². The van der Waals surface area contributed by atoms with Crippen LogP contribution in [0.25, 0.3) is 11.1 Å². The van der Waals surface area contributed by atoms with Crippen LogP contribution in [0.15, 0.2) is 54.6 Å². The third-order valence-electron chi connectivity index (χ3n) is 4.45. The van der Waals surface area contributed by atoms with Crippen molar-refractivity contribution < 1.29 is 9.53 Å². The van der Waals surface area contributed by atoms with Crippen LogP contribution in [0, 0.1) is 0 Å². The van der Waals surface area contributed by atoms with Crippen molar-refractivity contribution in [3.63, 3.8) is 0 Å². The summed E-state index contributed by atoms with van der Waals surface area (Å²) in [5, 5.41) is 0. The van der Waals surface area contributed by atoms with Gasteiger partial charge in [0.25, 0.3) is 5.91 Å². The molecule has 0 saturated carbocycles. The molecule has 0 spiro atoms. The molecule has 0 aliphatic carbocycles. The smallest absolute Gasteiger partial charge is 0.260 e. The number of amides is 1. The Bertz CT molecular complexity index is 636. The molecule has 120 valence electrons. The van der Waals surface area contributed by atoms with Crippen molar-refractivity contribution in [2.24, 2.45) is 0 Å². The van der Waals surface area contributed by atoms with Crippen LogP contribution in [0.5, 0.6) is 5.75 Å². The molecule has 1 aliphatic heterocycles. The summed E-state index contributed by atoms with van der Waals surface area (Å²) in [6.45, 7) is 3.09. The van der Waals surface area contributed by atoms with Crippen molar-refractivity contribution in [1.82, 2.24) is 4.90 Å². The number of nitrogens with zero attached hydrogens (tertiary/aromatic N) is 1. The first kappa shape index (κ1) is 15.6. The van der Waals surface area contributed by atoms with Gasteiger partial charge in [0, 0.05) is 12.6 Å². The van der Waals surface area contributed by atoms with Gasteiger partial charge in [0.2, 0.25) is 0 Å². The van der Waals surface area contributed by atoms with Gasteiger partial charge in [0.05, 0.1) is 0 Å². The lowest BCUT2D eigenvalue weighted by molar-refractivity contribution is -0.136. The fourth-order valence-electron chi connectivity index (χ4n) is 3.07. The molecule has 2 aromatic carbocycles. The minimum Gasteiger partial charge on any atom is -0.484 e. The van der Waals surface area contributed by atoms with E-state index in [1.54, 1.807) is 0 Å². The molecular weight excluding hydrogens is 286 g/mol. The predicted molar refractivity (Wildman–Crippen MR) is 92.4 cm³/mol. The molecule has 1 heterocycles. The number of carbonyl (C=O) groups excluding carboxylic acids is 1. The second-order valence-corrected chi connectivity index (χ2v) is 6.11. The average molecular weight is 309 g/mol. The summed E-state index contributed by atoms with van der Waals surface area (Å²) in [7, 11) is 0. The standard InChI is InChI=1S/C20H23NO2/c1-16-7-5-6-14-21(16)20(22)15-23-19-12-10-18(11-13-19)17-8-3-2-4-9-17/h2-4,8-13,16H,5-7,14-15H2,1H3/t16-/m0/s1. The van der Waals surface area contributed by atoms with Gasteiger partial charge in [-0.15, -0.1) is 0 Å². The van der Waals surface area contributed by atoms with Crippen LogP contribution in [0.3, 0.4) is 0 Å². The van der Waals surface area contributed by atoms with Crippen molar-refractivity contribution in [3.05, 3.63) is 54.6 Å². The van der Waals surface area contributed by atoms with Gasteiger partial charge < -0.3 is 9.64 Å². The summed E-state index contributed by atoms with van der Waals surface area (Å²) in [5.41, 5.74) is 2.33. The van der Waals surface area contributed by atoms with Crippen molar-refractivity contribution >= 4 is 5.91 Å². The topological polar surface area (TPSA) is 29.5 Å². The van der Waals surface area contributed by atoms with Crippen LogP contribution in [-0.2, 0) is 4.79 Å². The quantitative estimate of drug-likeness (QED) is 0.849. The molecule has 1 aliphatic rings. The summed E-state index contributed by atoms with van der Waals surface area (Å²) in [6.07, 6.45) is 3.41. The second-order valence-electron chi connectivity index (χ2n) is 6.11. The molecule has 2 aromatic rings. The molecule has 1 atom stereocenters. The highest BCUT2D eigenvalue weighted by Crippen LogP contribution is 2.22. The monoisotopic (exact) mass is 309 g/mol. The van der Waals surface area contributed by atoms with E-state index in [0.717, 1.165) is 30.7 Å². The first-order chi connectivity index (χ1) is 11.2. The first-order valence-electron chi connectivity index (χ1n) is 8.32. The lowest BCUT2D eigenvalue weighted by Crippen LogP contribution is -2.44. The molecule has 23 heavy (non-hydrogen) atoms. The first-order valence-corrected chi connectivity index (χ1v) is 8.32. The van der Waals surface area contributed by atoms with Gasteiger partial charge in [0.1, 0.15) is 5.75 Å². The number of rotatable bonds is 4. The summed E-state index contributed by atoms with van der Waals surface area (Å²) in [6, 6.07) is 18.5. The molecule has 0 unspecified atom stereocenters. The van der Waals surface area contributed by atoms with Crippen LogP contribution in [0.1, 0.15) is 26.2 Å². The number of benzene rings is 2. The Kier molecular flexibility index (Phi) is 4.96. The van der Waals surface area contributed by atoms with E-state index in [0.29, 0.717) is 6.04 Å². The Morgan fingerprint density at radius 3 is 2.43 bits per heavy atom. The Balaban J connectivity index is 1.57. The SMILES string of the molecule is C[C@H]1CCCCN1C(=O)COc1ccc(-c2ccccc2)cc1. The molecule has 3 nitrogen and oxygen atoms in total. The van der Waals surface area contributed by atoms with E-state index in [1.165, 1.54) is 12.0 Å². The second kappa shape index (κ2) is 7.32. The number of carbonyl (C=O) groups is 1. The fraction of sp³-hybridized carbons (Fsp3) is 0.350. The summed E-state index contributed by atoms with van der Waals surface area (Å²) < 4.78 is 5.67. The Hall–Kier alpha value is -2.29. The lowest BCUT2D eigenvalue weighted by atomic mass is 10.0. The number of piperidine rings is 1. The van der Waals surface area contributed by atoms with Gasteiger partial charge in [-0.2, -0.15) is 0 Å². The van der Waals surface area contributed by atoms with Crippen molar-refractivity contribution in [3.8, 4) is 16.9 Å². The largest absolute Gasteiger partial charge is 0.484 e. The van der Waals surface area contributed by atoms with Crippen LogP contribution < -0.4 is 4.74 Å². The lowest BCUT2D eigenvalue weighted by Gasteiger charge is -2.33. The van der Waals surface area contributed by atoms with Crippen LogP contribution in [0.2, 0.25) is 0 Å². The summed E-state index contributed by atoms with van der Waals surface area (Å²) in [5.74, 6) is 0.826. The normalized spacial score (nSPS) is 17.8. The Morgan fingerprint density at radius 1 is 1.04 bits per heavy atom. The van der Waals surface area contributed by atoms with Gasteiger partial charge in [-0.25, -0.2) is 0 Å². The van der Waals surface area contributed by atoms with E-state index in [1.807, 2.05) is 47.4 Å². The van der Waals surface area contributed by atoms with E-state index >= 15 is 0 Å². The minimum atomic E-state index is 0.0873. The van der Waals surface area contributed by atoms with Crippen molar-refractivity contribution in [2.75, 3.05) is 13.2 Å². The Morgan fingerprint density at radius 2 is 1.74 bits per heavy atom. The zero-order valence-electron chi connectivity index (χ0n) is 13.6. The van der Waals surface area contributed by atoms with E-state index in [9.17, 15) is 4.79 Å². The summed E-state index contributed by atoms with van der Waals surface area (Å²) in [4.78, 5) is 14.2. The van der Waals surface area contributed by atoms with Gasteiger partial charge in [-0.05, 0) is 49.4 Å². The third-order valence-corrected chi connectivity index (χ3v) is 4.45. The number of ether oxygens (including phenoxy) is 1. The van der Waals surface area contributed by atoms with Gasteiger partial charge in [0.15, 0.2) is 6.61 Å². The van der Waals surface area contributed by atoms with Crippen LogP contribution in [-0.4, -0.2) is 30.0 Å². The zero-order valence-corrected chi connectivity index (χ0v) is 13.6. The number of likely N-dealkylation sites (tertiary alicyclic amines) is 1. The molecule has 0 bridgehead atoms. The maximum absolute atomic E-state index is 12.3. The van der Waals surface area contributed by atoms with E-state index < -0.39 is 0 Å². The molecule has 1 fully saturated rings. The molecule has 1 amide bonds. The maximum Gasteiger partial charge on any atom is 0.260 e. The van der Waals surface area contributed by atoms with Crippen LogP contribution >= 0.6 is 0 Å². The minimum absolute atomic E-state index is 0.0873. The number of hydrogen-bond acceptors (Lipinski definition) is 2. The molecular formula is C20H23NO2. The highest BCUT2D eigenvalue weighted by molar-refractivity contribution is 5.78. The fourth-order valence-corrected chi connectivity index (χ4v) is 3.07. The van der Waals surface area contributed by atoms with E-state index in [2.05, 4.69) is 19.1 Å². The van der Waals surface area contributed by atoms with Crippen molar-refractivity contribution in [2.45, 2.75) is 32.2 Å². The predicted octanol–water partition coefficient (Wildman–Crippen LogP) is 4.13. The highest BCUT2D eigenvalue weighted by Gasteiger charge is 2.23. The van der Waals surface area contributed by atoms with Gasteiger partial charge >= 0.3 is 0 Å². The number of hydrogen-bond donors (Lipinski definition) is 0. The molecule has 0 N–H and O–H groups in total. The van der Waals surface area contributed by atoms with E-state index in [-0.39, 0.29) is 12.5 Å². The van der Waals surface area contributed by atoms with Crippen LogP contribution in [0.4, 0.5) is 0 Å². The molecule has 1 saturated heterocycles. The average Bonchev–Trinajstić information content (AvgIpc) is 2.61. The van der Waals surface area contributed by atoms with E-state index in [4.69, 9.17) is 4.74 Å². The Labute approximate surface area is 137 Å². The van der Waals surface area contributed by atoms with Crippen molar-refractivity contribution in [1.29, 1.82) is 0 Å². The highest BCUT2D eigenvalue weighted by atomic mass is 16.5. The molecule has 0 radical (unpaired) electrons.